The van der Waals surface area contributed by atoms with Gasteiger partial charge in [0.25, 0.3) is 0 Å². The van der Waals surface area contributed by atoms with Crippen LogP contribution in [0.5, 0.6) is 0 Å². The topological polar surface area (TPSA) is 457 Å². The molecule has 0 rings (SSSR count). The van der Waals surface area contributed by atoms with Crippen LogP contribution in [0.1, 0.15) is 196 Å². The van der Waals surface area contributed by atoms with E-state index in [4.69, 9.17) is 0 Å². The van der Waals surface area contributed by atoms with E-state index in [-0.39, 0.29) is 55.4 Å². The van der Waals surface area contributed by atoms with Crippen molar-refractivity contribution in [2.75, 3.05) is 45.9 Å². The van der Waals surface area contributed by atoms with Gasteiger partial charge in [0.2, 0.25) is 88.6 Å². The van der Waals surface area contributed by atoms with Gasteiger partial charge in [-0.1, -0.05) is 108 Å². The van der Waals surface area contributed by atoms with Crippen molar-refractivity contribution in [3.63, 3.8) is 0 Å². The molecule has 6 atom stereocenters. The molecular formula is C65H117N15O16. The Morgan fingerprint density at radius 3 is 1.03 bits per heavy atom. The van der Waals surface area contributed by atoms with E-state index in [2.05, 4.69) is 86.7 Å². The second-order valence-corrected chi connectivity index (χ2v) is 28.2. The highest BCUT2D eigenvalue weighted by Crippen LogP contribution is 2.15. The summed E-state index contributed by atoms with van der Waals surface area (Å²) >= 11 is 0. The second-order valence-electron chi connectivity index (χ2n) is 28.2. The van der Waals surface area contributed by atoms with E-state index >= 15 is 0 Å². The fourth-order valence-electron chi connectivity index (χ4n) is 9.33. The highest BCUT2D eigenvalue weighted by atomic mass is 16.3. The van der Waals surface area contributed by atoms with Crippen LogP contribution in [0.3, 0.4) is 0 Å². The lowest BCUT2D eigenvalue weighted by Crippen LogP contribution is -2.61. The molecule has 16 N–H and O–H groups in total. The molecule has 0 aliphatic heterocycles. The van der Waals surface area contributed by atoms with E-state index in [9.17, 15) is 77.0 Å². The first-order valence-electron chi connectivity index (χ1n) is 33.4. The highest BCUT2D eigenvalue weighted by Gasteiger charge is 2.38. The zero-order valence-corrected chi connectivity index (χ0v) is 60.4. The first-order chi connectivity index (χ1) is 44.3. The number of rotatable bonds is 45. The molecule has 0 fully saturated rings. The summed E-state index contributed by atoms with van der Waals surface area (Å²) < 4.78 is 0. The molecule has 0 aromatic heterocycles. The van der Waals surface area contributed by atoms with Crippen LogP contribution in [0.15, 0.2) is 0 Å². The molecule has 0 aliphatic carbocycles. The number of aliphatic hydroxyl groups excluding tert-OH is 1. The van der Waals surface area contributed by atoms with Crippen LogP contribution in [0.25, 0.3) is 0 Å². The van der Waals surface area contributed by atoms with Gasteiger partial charge in [-0.05, 0) is 111 Å². The largest absolute Gasteiger partial charge is 0.394 e. The van der Waals surface area contributed by atoms with Crippen LogP contribution >= 0.6 is 0 Å². The molecule has 0 aliphatic rings. The molecule has 0 saturated carbocycles. The number of unbranched alkanes of at least 4 members (excludes halogenated alkanes) is 4. The first kappa shape index (κ1) is 88.0. The highest BCUT2D eigenvalue weighted by molar-refractivity contribution is 6.00. The molecule has 0 aromatic carbocycles. The minimum atomic E-state index is -1.68. The van der Waals surface area contributed by atoms with E-state index in [1.807, 2.05) is 34.6 Å². The Balaban J connectivity index is 5.37. The van der Waals surface area contributed by atoms with Crippen LogP contribution in [0.4, 0.5) is 0 Å². The third kappa shape index (κ3) is 35.1. The predicted molar refractivity (Wildman–Crippen MR) is 360 cm³/mol. The Bertz CT molecular complexity index is 2660. The number of carbonyl (C=O) groups is 15. The summed E-state index contributed by atoms with van der Waals surface area (Å²) in [7, 11) is 0. The van der Waals surface area contributed by atoms with Gasteiger partial charge in [-0.15, -0.1) is 0 Å². The van der Waals surface area contributed by atoms with Gasteiger partial charge >= 0.3 is 0 Å². The van der Waals surface area contributed by atoms with E-state index < -0.39 is 180 Å². The summed E-state index contributed by atoms with van der Waals surface area (Å²) in [6.45, 7) is 27.3. The number of hydrogen-bond donors (Lipinski definition) is 16. The van der Waals surface area contributed by atoms with Crippen molar-refractivity contribution in [2.45, 2.75) is 248 Å². The van der Waals surface area contributed by atoms with Gasteiger partial charge in [0, 0.05) is 6.42 Å². The van der Waals surface area contributed by atoms with Crippen molar-refractivity contribution in [1.82, 2.24) is 79.8 Å². The van der Waals surface area contributed by atoms with Crippen LogP contribution in [-0.4, -0.2) is 192 Å². The number of nitrogens with one attached hydrogen (secondary N) is 15. The molecule has 31 heteroatoms. The van der Waals surface area contributed by atoms with E-state index in [1.165, 1.54) is 55.4 Å². The lowest BCUT2D eigenvalue weighted by Gasteiger charge is -2.30. The quantitative estimate of drug-likeness (QED) is 0.0321. The molecule has 0 spiro atoms. The minimum absolute atomic E-state index is 0.0870. The van der Waals surface area contributed by atoms with E-state index in [0.717, 1.165) is 25.7 Å². The number of hydrogen-bond acceptors (Lipinski definition) is 16. The normalized spacial score (nSPS) is 13.6. The van der Waals surface area contributed by atoms with Crippen molar-refractivity contribution >= 4 is 88.6 Å². The van der Waals surface area contributed by atoms with Crippen molar-refractivity contribution in [2.24, 2.45) is 29.6 Å². The standard InChI is InChI=1S/C65H117N15O16/c1-20-22-23-24-25-26-45(82)77-62(12,13)58(93)70-34-49(86)74-44(29-39(7)8)55(90)79-64(16,17)59(94)68-30-46(83)66-32-48(85)73-43(28-38(5)6)54(89)78-63(14,15)60(95)69-31-47(84)67-33-50(87)75-52(40(9)10)57(92)80-65(18,19)61(96)71-35-51(88)76-53(41(11)21-2)56(91)72-42(36-81)27-37(3)4/h37-44,52-53,81H,20-36H2,1-19H3,(H,66,83)(H,67,84)(H,68,94)(H,69,95)(H,70,93)(H,71,96)(H,72,91)(H,73,85)(H,74,86)(H,75,87)(H,76,88)(H,77,82)(H,78,89)(H,79,90)(H,80,92)/t41-,42-,43-,44-,52-,53-/m0/s1. The number of amides is 15. The Hall–Kier alpha value is -7.99. The maximum absolute atomic E-state index is 13.6. The third-order valence-electron chi connectivity index (χ3n) is 15.2. The monoisotopic (exact) mass is 1360 g/mol. The second kappa shape index (κ2) is 42.5. The summed E-state index contributed by atoms with van der Waals surface area (Å²) in [6.07, 6.45) is 6.28. The molecule has 0 unspecified atom stereocenters. The first-order valence-corrected chi connectivity index (χ1v) is 33.4. The molecule has 0 bridgehead atoms. The van der Waals surface area contributed by atoms with E-state index in [1.54, 1.807) is 34.6 Å². The Morgan fingerprint density at radius 2 is 0.677 bits per heavy atom. The Morgan fingerprint density at radius 1 is 0.344 bits per heavy atom. The Labute approximate surface area is 567 Å². The average Bonchev–Trinajstić information content (AvgIpc) is 0.883. The SMILES string of the molecule is CCCCCCCC(=O)NC(C)(C)C(=O)NCC(=O)N[C@@H](CC(C)C)C(=O)NC(C)(C)C(=O)NCC(=O)NCC(=O)N[C@@H](CC(C)C)C(=O)NC(C)(C)C(=O)NCC(=O)NCC(=O)N[C@H](C(=O)NC(C)(C)C(=O)NCC(=O)N[C@H](C(=O)N[C@H](CO)CC(C)C)[C@@H](C)CC)C(C)C. The maximum Gasteiger partial charge on any atom is 0.245 e. The smallest absolute Gasteiger partial charge is 0.245 e. The minimum Gasteiger partial charge on any atom is -0.394 e. The third-order valence-corrected chi connectivity index (χ3v) is 15.2. The van der Waals surface area contributed by atoms with Gasteiger partial charge in [-0.2, -0.15) is 0 Å². The lowest BCUT2D eigenvalue weighted by atomic mass is 9.97. The summed E-state index contributed by atoms with van der Waals surface area (Å²) in [5, 5.41) is 47.6. The van der Waals surface area contributed by atoms with Crippen LogP contribution in [0, 0.1) is 29.6 Å². The Kier molecular flexibility index (Phi) is 39.0. The summed E-state index contributed by atoms with van der Waals surface area (Å²) in [4.78, 5) is 197. The van der Waals surface area contributed by atoms with Crippen LogP contribution in [-0.2, 0) is 71.9 Å². The van der Waals surface area contributed by atoms with Crippen molar-refractivity contribution in [3.8, 4) is 0 Å². The molecule has 96 heavy (non-hydrogen) atoms. The summed E-state index contributed by atoms with van der Waals surface area (Å²) in [6, 6.07) is -5.03. The zero-order chi connectivity index (χ0) is 74.1. The van der Waals surface area contributed by atoms with E-state index in [0.29, 0.717) is 19.3 Å². The van der Waals surface area contributed by atoms with Gasteiger partial charge in [0.1, 0.15) is 46.3 Å². The predicted octanol–water partition coefficient (Wildman–Crippen LogP) is -1.12. The number of aliphatic hydroxyl groups is 1. The van der Waals surface area contributed by atoms with Gasteiger partial charge < -0.3 is 84.9 Å². The summed E-state index contributed by atoms with van der Waals surface area (Å²) in [5.41, 5.74) is -6.25. The molecule has 15 amide bonds. The molecule has 0 radical (unpaired) electrons. The average molecular weight is 1360 g/mol. The maximum atomic E-state index is 13.6. The molecule has 548 valence electrons. The van der Waals surface area contributed by atoms with Gasteiger partial charge in [0.15, 0.2) is 0 Å². The zero-order valence-electron chi connectivity index (χ0n) is 60.4. The molecule has 0 saturated heterocycles. The van der Waals surface area contributed by atoms with Crippen molar-refractivity contribution < 1.29 is 77.0 Å². The van der Waals surface area contributed by atoms with Crippen LogP contribution < -0.4 is 79.8 Å². The van der Waals surface area contributed by atoms with Gasteiger partial charge in [0.05, 0.1) is 51.9 Å². The fourth-order valence-corrected chi connectivity index (χ4v) is 9.33. The molecular weight excluding hydrogens is 1250 g/mol. The molecule has 31 nitrogen and oxygen atoms in total. The lowest BCUT2D eigenvalue weighted by molar-refractivity contribution is -0.136. The summed E-state index contributed by atoms with van der Waals surface area (Å²) in [5.74, 6) is -11.6. The van der Waals surface area contributed by atoms with Gasteiger partial charge in [-0.25, -0.2) is 0 Å². The number of carbonyl (C=O) groups excluding carboxylic acids is 15. The van der Waals surface area contributed by atoms with Crippen LogP contribution in [0.2, 0.25) is 0 Å². The van der Waals surface area contributed by atoms with Gasteiger partial charge in [-0.3, -0.25) is 71.9 Å². The molecule has 0 heterocycles. The fraction of sp³-hybridized carbons (Fsp3) is 0.769. The van der Waals surface area contributed by atoms with Crippen molar-refractivity contribution in [1.29, 1.82) is 0 Å². The van der Waals surface area contributed by atoms with Crippen molar-refractivity contribution in [3.05, 3.63) is 0 Å². The molecule has 0 aromatic rings.